The van der Waals surface area contributed by atoms with Gasteiger partial charge in [-0.1, -0.05) is 30.0 Å². The molecule has 3 aromatic rings. The normalized spacial score (nSPS) is 12.2. The van der Waals surface area contributed by atoms with Gasteiger partial charge in [-0.3, -0.25) is 14.2 Å². The average molecular weight is 404 g/mol. The molecular formula is C19H21N3O3S2. The highest BCUT2D eigenvalue weighted by Gasteiger charge is 2.17. The standard InChI is InChI=1S/C19H21N3O3S2/c1-13(11-25-2)22-18(24)15-7-3-4-8-16(15)21-19(22)27-12-17(23)20-10-14-6-5-9-26-14/h3-9,13H,10-12H2,1-2H3,(H,20,23). The summed E-state index contributed by atoms with van der Waals surface area (Å²) >= 11 is 2.86. The van der Waals surface area contributed by atoms with Gasteiger partial charge in [0, 0.05) is 12.0 Å². The number of amides is 1. The molecule has 0 aliphatic carbocycles. The molecule has 0 saturated heterocycles. The van der Waals surface area contributed by atoms with Crippen LogP contribution in [0.1, 0.15) is 17.8 Å². The van der Waals surface area contributed by atoms with E-state index in [0.717, 1.165) is 4.88 Å². The number of ether oxygens (including phenoxy) is 1. The topological polar surface area (TPSA) is 73.2 Å². The lowest BCUT2D eigenvalue weighted by atomic mass is 10.2. The van der Waals surface area contributed by atoms with Crippen molar-refractivity contribution in [3.05, 3.63) is 57.0 Å². The maximum atomic E-state index is 12.9. The predicted octanol–water partition coefficient (Wildman–Crippen LogP) is 3.07. The summed E-state index contributed by atoms with van der Waals surface area (Å²) in [4.78, 5) is 30.9. The minimum atomic E-state index is -0.184. The highest BCUT2D eigenvalue weighted by molar-refractivity contribution is 7.99. The Hall–Kier alpha value is -2.16. The second-order valence-electron chi connectivity index (χ2n) is 6.04. The first kappa shape index (κ1) is 19.6. The molecule has 0 fully saturated rings. The van der Waals surface area contributed by atoms with Crippen LogP contribution in [-0.2, 0) is 16.1 Å². The number of para-hydroxylation sites is 1. The highest BCUT2D eigenvalue weighted by Crippen LogP contribution is 2.21. The number of benzene rings is 1. The van der Waals surface area contributed by atoms with Gasteiger partial charge >= 0.3 is 0 Å². The number of nitrogens with one attached hydrogen (secondary N) is 1. The molecule has 1 aromatic carbocycles. The molecule has 2 heterocycles. The van der Waals surface area contributed by atoms with Crippen molar-refractivity contribution in [3.8, 4) is 0 Å². The van der Waals surface area contributed by atoms with Crippen LogP contribution in [0.2, 0.25) is 0 Å². The minimum absolute atomic E-state index is 0.0956. The van der Waals surface area contributed by atoms with E-state index in [1.807, 2.05) is 42.6 Å². The van der Waals surface area contributed by atoms with E-state index in [1.165, 1.54) is 11.8 Å². The molecule has 6 nitrogen and oxygen atoms in total. The number of thioether (sulfide) groups is 1. The van der Waals surface area contributed by atoms with Crippen LogP contribution in [-0.4, -0.2) is 34.9 Å². The molecule has 1 N–H and O–H groups in total. The van der Waals surface area contributed by atoms with E-state index in [9.17, 15) is 9.59 Å². The van der Waals surface area contributed by atoms with Crippen molar-refractivity contribution in [2.24, 2.45) is 0 Å². The first-order valence-corrected chi connectivity index (χ1v) is 10.4. The molecule has 1 unspecified atom stereocenters. The number of aromatic nitrogens is 2. The summed E-state index contributed by atoms with van der Waals surface area (Å²) in [5.74, 6) is 0.0947. The Balaban J connectivity index is 1.80. The molecule has 142 valence electrons. The Bertz CT molecular complexity index is 970. The molecular weight excluding hydrogens is 382 g/mol. The molecule has 0 aliphatic heterocycles. The summed E-state index contributed by atoms with van der Waals surface area (Å²) in [5, 5.41) is 5.95. The predicted molar refractivity (Wildman–Crippen MR) is 109 cm³/mol. The Morgan fingerprint density at radius 1 is 1.33 bits per heavy atom. The molecule has 1 amide bonds. The zero-order chi connectivity index (χ0) is 19.2. The molecule has 3 rings (SSSR count). The molecule has 27 heavy (non-hydrogen) atoms. The smallest absolute Gasteiger partial charge is 0.262 e. The van der Waals surface area contributed by atoms with Gasteiger partial charge in [-0.05, 0) is 30.5 Å². The van der Waals surface area contributed by atoms with Gasteiger partial charge in [0.15, 0.2) is 5.16 Å². The average Bonchev–Trinajstić information content (AvgIpc) is 3.18. The van der Waals surface area contributed by atoms with Crippen molar-refractivity contribution in [2.45, 2.75) is 24.7 Å². The first-order chi connectivity index (χ1) is 13.1. The summed E-state index contributed by atoms with van der Waals surface area (Å²) in [6.45, 7) is 2.80. The van der Waals surface area contributed by atoms with Crippen LogP contribution in [0.25, 0.3) is 10.9 Å². The van der Waals surface area contributed by atoms with Crippen LogP contribution in [0, 0.1) is 0 Å². The number of methoxy groups -OCH3 is 1. The van der Waals surface area contributed by atoms with E-state index in [0.29, 0.717) is 29.2 Å². The quantitative estimate of drug-likeness (QED) is 0.462. The number of hydrogen-bond donors (Lipinski definition) is 1. The molecule has 2 aromatic heterocycles. The van der Waals surface area contributed by atoms with Crippen LogP contribution in [0.4, 0.5) is 0 Å². The zero-order valence-corrected chi connectivity index (χ0v) is 16.8. The van der Waals surface area contributed by atoms with E-state index >= 15 is 0 Å². The van der Waals surface area contributed by atoms with E-state index in [-0.39, 0.29) is 23.3 Å². The van der Waals surface area contributed by atoms with Crippen molar-refractivity contribution in [3.63, 3.8) is 0 Å². The molecule has 0 spiro atoms. The maximum Gasteiger partial charge on any atom is 0.262 e. The van der Waals surface area contributed by atoms with Gasteiger partial charge in [0.2, 0.25) is 5.91 Å². The van der Waals surface area contributed by atoms with Gasteiger partial charge in [-0.2, -0.15) is 0 Å². The van der Waals surface area contributed by atoms with E-state index in [2.05, 4.69) is 10.3 Å². The fourth-order valence-electron chi connectivity index (χ4n) is 2.71. The fraction of sp³-hybridized carbons (Fsp3) is 0.316. The van der Waals surface area contributed by atoms with Crippen molar-refractivity contribution in [2.75, 3.05) is 19.5 Å². The monoisotopic (exact) mass is 403 g/mol. The summed E-state index contributed by atoms with van der Waals surface area (Å²) in [6, 6.07) is 11.0. The molecule has 0 bridgehead atoms. The van der Waals surface area contributed by atoms with Crippen molar-refractivity contribution in [1.29, 1.82) is 0 Å². The largest absolute Gasteiger partial charge is 0.383 e. The Kier molecular flexibility index (Phi) is 6.65. The molecule has 8 heteroatoms. The van der Waals surface area contributed by atoms with Crippen LogP contribution in [0.15, 0.2) is 51.7 Å². The summed E-state index contributed by atoms with van der Waals surface area (Å²) in [5.41, 5.74) is 0.511. The molecule has 0 radical (unpaired) electrons. The lowest BCUT2D eigenvalue weighted by molar-refractivity contribution is -0.118. The van der Waals surface area contributed by atoms with Gasteiger partial charge in [0.1, 0.15) is 0 Å². The van der Waals surface area contributed by atoms with Crippen molar-refractivity contribution >= 4 is 39.9 Å². The number of carbonyl (C=O) groups is 1. The molecule has 1 atom stereocenters. The lowest BCUT2D eigenvalue weighted by Gasteiger charge is -2.18. The summed E-state index contributed by atoms with van der Waals surface area (Å²) in [6.07, 6.45) is 0. The van der Waals surface area contributed by atoms with E-state index in [4.69, 9.17) is 4.74 Å². The van der Waals surface area contributed by atoms with Gasteiger partial charge in [-0.25, -0.2) is 4.98 Å². The highest BCUT2D eigenvalue weighted by atomic mass is 32.2. The van der Waals surface area contributed by atoms with Gasteiger partial charge < -0.3 is 10.1 Å². The van der Waals surface area contributed by atoms with Crippen molar-refractivity contribution < 1.29 is 9.53 Å². The third-order valence-electron chi connectivity index (χ3n) is 4.00. The third kappa shape index (κ3) is 4.77. The minimum Gasteiger partial charge on any atom is -0.383 e. The maximum absolute atomic E-state index is 12.9. The van der Waals surface area contributed by atoms with Crippen LogP contribution >= 0.6 is 23.1 Å². The van der Waals surface area contributed by atoms with Gasteiger partial charge in [-0.15, -0.1) is 11.3 Å². The van der Waals surface area contributed by atoms with Crippen molar-refractivity contribution in [1.82, 2.24) is 14.9 Å². The van der Waals surface area contributed by atoms with Crippen LogP contribution < -0.4 is 10.9 Å². The second-order valence-corrected chi connectivity index (χ2v) is 8.01. The second kappa shape index (κ2) is 9.16. The Morgan fingerprint density at radius 3 is 2.89 bits per heavy atom. The number of fused-ring (bicyclic) bond motifs is 1. The van der Waals surface area contributed by atoms with Crippen LogP contribution in [0.5, 0.6) is 0 Å². The van der Waals surface area contributed by atoms with Crippen LogP contribution in [0.3, 0.4) is 0 Å². The molecule has 0 aliphatic rings. The van der Waals surface area contributed by atoms with E-state index in [1.54, 1.807) is 29.1 Å². The first-order valence-electron chi connectivity index (χ1n) is 8.52. The Labute approximate surface area is 165 Å². The number of thiophene rings is 1. The third-order valence-corrected chi connectivity index (χ3v) is 5.83. The lowest BCUT2D eigenvalue weighted by Crippen LogP contribution is -2.29. The number of nitrogens with zero attached hydrogens (tertiary/aromatic N) is 2. The number of rotatable bonds is 8. The Morgan fingerprint density at radius 2 is 2.15 bits per heavy atom. The summed E-state index contributed by atoms with van der Waals surface area (Å²) < 4.78 is 6.82. The molecule has 0 saturated carbocycles. The number of carbonyl (C=O) groups excluding carboxylic acids is 1. The van der Waals surface area contributed by atoms with Gasteiger partial charge in [0.05, 0.1) is 35.8 Å². The SMILES string of the molecule is COCC(C)n1c(SCC(=O)NCc2cccs2)nc2ccccc2c1=O. The van der Waals surface area contributed by atoms with Gasteiger partial charge in [0.25, 0.3) is 5.56 Å². The zero-order valence-electron chi connectivity index (χ0n) is 15.2. The van der Waals surface area contributed by atoms with E-state index < -0.39 is 0 Å². The summed E-state index contributed by atoms with van der Waals surface area (Å²) in [7, 11) is 1.60. The fourth-order valence-corrected chi connectivity index (χ4v) is 4.28. The number of hydrogen-bond acceptors (Lipinski definition) is 6.